The Morgan fingerprint density at radius 3 is 2.41 bits per heavy atom. The Bertz CT molecular complexity index is 771. The molecule has 2 rings (SSSR count). The van der Waals surface area contributed by atoms with Crippen molar-refractivity contribution in [3.8, 4) is 6.07 Å². The van der Waals surface area contributed by atoms with Crippen LogP contribution in [0.5, 0.6) is 0 Å². The van der Waals surface area contributed by atoms with E-state index in [-0.39, 0.29) is 5.57 Å². The Morgan fingerprint density at radius 2 is 1.82 bits per heavy atom. The molecular weight excluding hydrogens is 319 g/mol. The number of aryl methyl sites for hydroxylation is 1. The van der Waals surface area contributed by atoms with E-state index in [4.69, 9.17) is 23.2 Å². The second kappa shape index (κ2) is 7.13. The molecule has 0 fully saturated rings. The van der Waals surface area contributed by atoms with Gasteiger partial charge in [0.15, 0.2) is 0 Å². The molecule has 3 nitrogen and oxygen atoms in total. The number of rotatable bonds is 3. The normalized spacial score (nSPS) is 10.9. The van der Waals surface area contributed by atoms with Gasteiger partial charge in [0.2, 0.25) is 0 Å². The molecule has 0 bridgehead atoms. The van der Waals surface area contributed by atoms with Crippen LogP contribution < -0.4 is 5.32 Å². The Morgan fingerprint density at radius 1 is 1.18 bits per heavy atom. The van der Waals surface area contributed by atoms with Gasteiger partial charge in [-0.15, -0.1) is 0 Å². The minimum Gasteiger partial charge on any atom is -0.319 e. The number of para-hydroxylation sites is 1. The summed E-state index contributed by atoms with van der Waals surface area (Å²) in [6.07, 6.45) is 1.52. The number of benzene rings is 2. The van der Waals surface area contributed by atoms with Gasteiger partial charge in [0.25, 0.3) is 5.91 Å². The molecule has 0 aliphatic rings. The van der Waals surface area contributed by atoms with Crippen LogP contribution in [0.3, 0.4) is 0 Å². The van der Waals surface area contributed by atoms with E-state index in [1.54, 1.807) is 18.2 Å². The summed E-state index contributed by atoms with van der Waals surface area (Å²) in [5, 5.41) is 12.4. The van der Waals surface area contributed by atoms with Crippen LogP contribution >= 0.6 is 23.2 Å². The predicted molar refractivity (Wildman–Crippen MR) is 89.9 cm³/mol. The van der Waals surface area contributed by atoms with Gasteiger partial charge in [-0.2, -0.15) is 5.26 Å². The molecule has 1 N–H and O–H groups in total. The lowest BCUT2D eigenvalue weighted by Gasteiger charge is -2.08. The maximum atomic E-state index is 12.2. The summed E-state index contributed by atoms with van der Waals surface area (Å²) >= 11 is 12.0. The number of nitrogens with one attached hydrogen (secondary N) is 1. The van der Waals surface area contributed by atoms with E-state index < -0.39 is 5.91 Å². The van der Waals surface area contributed by atoms with E-state index in [1.807, 2.05) is 37.3 Å². The van der Waals surface area contributed by atoms with Gasteiger partial charge in [-0.05, 0) is 30.7 Å². The number of hydrogen-bond acceptors (Lipinski definition) is 2. The molecule has 2 aromatic rings. The fourth-order valence-corrected chi connectivity index (χ4v) is 2.37. The maximum absolute atomic E-state index is 12.2. The minimum atomic E-state index is -0.556. The van der Waals surface area contributed by atoms with Gasteiger partial charge >= 0.3 is 0 Å². The first-order chi connectivity index (χ1) is 10.5. The second-order valence-corrected chi connectivity index (χ2v) is 5.45. The van der Waals surface area contributed by atoms with Crippen molar-refractivity contribution in [2.45, 2.75) is 6.92 Å². The number of halogens is 2. The zero-order valence-electron chi connectivity index (χ0n) is 11.7. The molecule has 0 aliphatic carbocycles. The van der Waals surface area contributed by atoms with Crippen molar-refractivity contribution >= 4 is 40.9 Å². The fourth-order valence-electron chi connectivity index (χ4n) is 1.87. The highest BCUT2D eigenvalue weighted by Gasteiger charge is 2.13. The molecule has 5 heteroatoms. The zero-order valence-corrected chi connectivity index (χ0v) is 13.2. The summed E-state index contributed by atoms with van der Waals surface area (Å²) in [5.41, 5.74) is 2.08. The first-order valence-electron chi connectivity index (χ1n) is 6.45. The largest absolute Gasteiger partial charge is 0.319 e. The van der Waals surface area contributed by atoms with Crippen molar-refractivity contribution in [2.75, 3.05) is 5.32 Å². The average molecular weight is 331 g/mol. The summed E-state index contributed by atoms with van der Waals surface area (Å²) in [5.74, 6) is -0.556. The number of nitriles is 1. The lowest BCUT2D eigenvalue weighted by Crippen LogP contribution is -2.14. The summed E-state index contributed by atoms with van der Waals surface area (Å²) in [6.45, 7) is 1.94. The number of anilines is 1. The molecule has 0 saturated carbocycles. The Kier molecular flexibility index (Phi) is 5.21. The molecule has 0 unspecified atom stereocenters. The van der Waals surface area contributed by atoms with Crippen molar-refractivity contribution in [3.63, 3.8) is 0 Å². The maximum Gasteiger partial charge on any atom is 0.266 e. The highest BCUT2D eigenvalue weighted by molar-refractivity contribution is 6.40. The van der Waals surface area contributed by atoms with Crippen molar-refractivity contribution in [3.05, 3.63) is 69.2 Å². The van der Waals surface area contributed by atoms with Crippen LogP contribution in [0, 0.1) is 18.3 Å². The molecule has 0 atom stereocenters. The van der Waals surface area contributed by atoms with Crippen LogP contribution in [-0.4, -0.2) is 5.91 Å². The third-order valence-corrected chi connectivity index (χ3v) is 3.55. The number of amides is 1. The van der Waals surface area contributed by atoms with Gasteiger partial charge in [-0.1, -0.05) is 59.1 Å². The van der Waals surface area contributed by atoms with Gasteiger partial charge in [0, 0.05) is 0 Å². The van der Waals surface area contributed by atoms with Crippen LogP contribution in [0.2, 0.25) is 10.0 Å². The van der Waals surface area contributed by atoms with Crippen molar-refractivity contribution in [1.82, 2.24) is 0 Å². The summed E-state index contributed by atoms with van der Waals surface area (Å²) in [7, 11) is 0. The van der Waals surface area contributed by atoms with E-state index in [1.165, 1.54) is 6.08 Å². The van der Waals surface area contributed by atoms with Gasteiger partial charge in [0.05, 0.1) is 15.7 Å². The van der Waals surface area contributed by atoms with Gasteiger partial charge in [-0.25, -0.2) is 0 Å². The monoisotopic (exact) mass is 330 g/mol. The summed E-state index contributed by atoms with van der Waals surface area (Å²) < 4.78 is 0. The number of carbonyl (C=O) groups is 1. The Balaban J connectivity index is 2.29. The second-order valence-electron chi connectivity index (χ2n) is 4.63. The lowest BCUT2D eigenvalue weighted by molar-refractivity contribution is -0.112. The molecular formula is C17H12Cl2N2O. The van der Waals surface area contributed by atoms with E-state index in [0.29, 0.717) is 15.7 Å². The molecule has 0 saturated heterocycles. The molecule has 2 aromatic carbocycles. The van der Waals surface area contributed by atoms with Crippen molar-refractivity contribution in [1.29, 1.82) is 5.26 Å². The fraction of sp³-hybridized carbons (Fsp3) is 0.0588. The molecule has 0 aromatic heterocycles. The molecule has 0 aliphatic heterocycles. The predicted octanol–water partition coefficient (Wildman–Crippen LogP) is 4.85. The Labute approximate surface area is 138 Å². The van der Waals surface area contributed by atoms with Crippen LogP contribution in [0.1, 0.15) is 11.1 Å². The molecule has 1 amide bonds. The quantitative estimate of drug-likeness (QED) is 0.646. The number of carbonyl (C=O) groups excluding carboxylic acids is 1. The van der Waals surface area contributed by atoms with Crippen molar-refractivity contribution < 1.29 is 4.79 Å². The van der Waals surface area contributed by atoms with Crippen molar-refractivity contribution in [2.24, 2.45) is 0 Å². The molecule has 110 valence electrons. The summed E-state index contributed by atoms with van der Waals surface area (Å²) in [6, 6.07) is 14.3. The SMILES string of the molecule is Cc1cccc(/C=C(\C#N)C(=O)Nc2c(Cl)cccc2Cl)c1. The lowest BCUT2D eigenvalue weighted by atomic mass is 10.1. The smallest absolute Gasteiger partial charge is 0.266 e. The third kappa shape index (κ3) is 3.88. The van der Waals surface area contributed by atoms with Crippen LogP contribution in [0.4, 0.5) is 5.69 Å². The van der Waals surface area contributed by atoms with E-state index in [2.05, 4.69) is 5.32 Å². The standard InChI is InChI=1S/C17H12Cl2N2O/c1-11-4-2-5-12(8-11)9-13(10-20)17(22)21-16-14(18)6-3-7-15(16)19/h2-9H,1H3,(H,21,22)/b13-9+. The molecule has 0 heterocycles. The first kappa shape index (κ1) is 16.1. The van der Waals surface area contributed by atoms with E-state index in [0.717, 1.165) is 11.1 Å². The molecule has 0 spiro atoms. The molecule has 0 radical (unpaired) electrons. The first-order valence-corrected chi connectivity index (χ1v) is 7.20. The average Bonchev–Trinajstić information content (AvgIpc) is 2.48. The Hall–Kier alpha value is -2.28. The van der Waals surface area contributed by atoms with Gasteiger partial charge in [-0.3, -0.25) is 4.79 Å². The van der Waals surface area contributed by atoms with Gasteiger partial charge < -0.3 is 5.32 Å². The van der Waals surface area contributed by atoms with Crippen LogP contribution in [-0.2, 0) is 4.79 Å². The summed E-state index contributed by atoms with van der Waals surface area (Å²) in [4.78, 5) is 12.2. The highest BCUT2D eigenvalue weighted by Crippen LogP contribution is 2.30. The van der Waals surface area contributed by atoms with E-state index in [9.17, 15) is 10.1 Å². The van der Waals surface area contributed by atoms with Gasteiger partial charge in [0.1, 0.15) is 11.6 Å². The highest BCUT2D eigenvalue weighted by atomic mass is 35.5. The van der Waals surface area contributed by atoms with Crippen LogP contribution in [0.15, 0.2) is 48.0 Å². The topological polar surface area (TPSA) is 52.9 Å². The molecule has 22 heavy (non-hydrogen) atoms. The number of hydrogen-bond donors (Lipinski definition) is 1. The minimum absolute atomic E-state index is 0.0263. The third-order valence-electron chi connectivity index (χ3n) is 2.92. The number of nitrogens with zero attached hydrogens (tertiary/aromatic N) is 1. The van der Waals surface area contributed by atoms with E-state index >= 15 is 0 Å². The zero-order chi connectivity index (χ0) is 16.1. The van der Waals surface area contributed by atoms with Crippen LogP contribution in [0.25, 0.3) is 6.08 Å².